The number of rotatable bonds is 5. The maximum Gasteiger partial charge on any atom is 0.251 e. The highest BCUT2D eigenvalue weighted by Crippen LogP contribution is 2.24. The van der Waals surface area contributed by atoms with Gasteiger partial charge >= 0.3 is 0 Å². The Balaban J connectivity index is 1.61. The molecule has 2 aromatic rings. The number of carbonyl (C=O) groups is 2. The van der Waals surface area contributed by atoms with Crippen LogP contribution in [0.1, 0.15) is 12.0 Å². The first-order chi connectivity index (χ1) is 11.1. The Kier molecular flexibility index (Phi) is 4.88. The van der Waals surface area contributed by atoms with Gasteiger partial charge in [-0.05, 0) is 42.8 Å². The topological polar surface area (TPSA) is 49.4 Å². The largest absolute Gasteiger partial charge is 0.305 e. The smallest absolute Gasteiger partial charge is 0.251 e. The molecule has 0 aromatic heterocycles. The molecule has 1 fully saturated rings. The highest BCUT2D eigenvalue weighted by Gasteiger charge is 2.39. The van der Waals surface area contributed by atoms with E-state index >= 15 is 0 Å². The van der Waals surface area contributed by atoms with Gasteiger partial charge in [-0.1, -0.05) is 46.3 Å². The van der Waals surface area contributed by atoms with E-state index in [9.17, 15) is 9.59 Å². The quantitative estimate of drug-likeness (QED) is 0.820. The number of nitrogens with one attached hydrogen (secondary N) is 1. The summed E-state index contributed by atoms with van der Waals surface area (Å²) in [5, 5.41) is 3.20. The van der Waals surface area contributed by atoms with Crippen LogP contribution in [-0.4, -0.2) is 24.4 Å². The van der Waals surface area contributed by atoms with Gasteiger partial charge in [0.2, 0.25) is 5.91 Å². The van der Waals surface area contributed by atoms with Crippen molar-refractivity contribution in [3.8, 4) is 0 Å². The van der Waals surface area contributed by atoms with E-state index in [1.807, 2.05) is 30.3 Å². The predicted molar refractivity (Wildman–Crippen MR) is 93.2 cm³/mol. The molecule has 3 rings (SSSR count). The summed E-state index contributed by atoms with van der Waals surface area (Å²) in [5.74, 6) is -0.333. The van der Waals surface area contributed by atoms with Crippen molar-refractivity contribution in [1.29, 1.82) is 0 Å². The molecule has 23 heavy (non-hydrogen) atoms. The lowest BCUT2D eigenvalue weighted by Gasteiger charge is -2.15. The van der Waals surface area contributed by atoms with Crippen LogP contribution in [0.25, 0.3) is 0 Å². The average Bonchev–Trinajstić information content (AvgIpc) is 2.84. The lowest BCUT2D eigenvalue weighted by molar-refractivity contribution is -0.121. The molecule has 118 valence electrons. The molecule has 0 aliphatic carbocycles. The number of halogens is 1. The summed E-state index contributed by atoms with van der Waals surface area (Å²) in [6.45, 7) is 0.669. The maximum absolute atomic E-state index is 12.5. The Bertz CT molecular complexity index is 701. The number of imide groups is 1. The summed E-state index contributed by atoms with van der Waals surface area (Å²) >= 11 is 3.35. The highest BCUT2D eigenvalue weighted by molar-refractivity contribution is 9.10. The number of hydrogen-bond acceptors (Lipinski definition) is 3. The third kappa shape index (κ3) is 3.68. The van der Waals surface area contributed by atoms with Crippen molar-refractivity contribution in [2.45, 2.75) is 18.9 Å². The minimum absolute atomic E-state index is 0.158. The van der Waals surface area contributed by atoms with Crippen molar-refractivity contribution in [2.24, 2.45) is 0 Å². The van der Waals surface area contributed by atoms with Gasteiger partial charge in [0.15, 0.2) is 0 Å². The number of nitrogens with zero attached hydrogens (tertiary/aromatic N) is 1. The molecule has 0 radical (unpaired) electrons. The Morgan fingerprint density at radius 2 is 1.74 bits per heavy atom. The van der Waals surface area contributed by atoms with Crippen LogP contribution in [0, 0.1) is 0 Å². The van der Waals surface area contributed by atoms with Crippen LogP contribution >= 0.6 is 15.9 Å². The van der Waals surface area contributed by atoms with Crippen molar-refractivity contribution < 1.29 is 9.59 Å². The van der Waals surface area contributed by atoms with Crippen LogP contribution < -0.4 is 10.2 Å². The molecule has 0 bridgehead atoms. The second-order valence-corrected chi connectivity index (χ2v) is 6.41. The van der Waals surface area contributed by atoms with E-state index in [-0.39, 0.29) is 18.2 Å². The van der Waals surface area contributed by atoms with Gasteiger partial charge in [-0.2, -0.15) is 0 Å². The van der Waals surface area contributed by atoms with Crippen molar-refractivity contribution in [3.05, 3.63) is 64.6 Å². The first-order valence-electron chi connectivity index (χ1n) is 7.55. The van der Waals surface area contributed by atoms with Gasteiger partial charge < -0.3 is 5.32 Å². The number of anilines is 1. The SMILES string of the molecule is O=C1C[C@H](NCCc2ccccc2)C(=O)N1c1ccc(Br)cc1. The predicted octanol–water partition coefficient (Wildman–Crippen LogP) is 2.91. The van der Waals surface area contributed by atoms with Gasteiger partial charge in [-0.25, -0.2) is 4.90 Å². The van der Waals surface area contributed by atoms with Gasteiger partial charge in [0.25, 0.3) is 5.91 Å². The molecule has 4 nitrogen and oxygen atoms in total. The van der Waals surface area contributed by atoms with E-state index in [0.29, 0.717) is 12.2 Å². The first kappa shape index (κ1) is 15.9. The number of carbonyl (C=O) groups excluding carboxylic acids is 2. The lowest BCUT2D eigenvalue weighted by atomic mass is 10.1. The van der Waals surface area contributed by atoms with Gasteiger partial charge in [0.1, 0.15) is 0 Å². The zero-order valence-corrected chi connectivity index (χ0v) is 14.1. The average molecular weight is 373 g/mol. The van der Waals surface area contributed by atoms with Crippen molar-refractivity contribution in [1.82, 2.24) is 5.32 Å². The maximum atomic E-state index is 12.5. The Morgan fingerprint density at radius 1 is 1.04 bits per heavy atom. The van der Waals surface area contributed by atoms with Gasteiger partial charge in [-0.3, -0.25) is 9.59 Å². The molecule has 1 saturated heterocycles. The van der Waals surface area contributed by atoms with Gasteiger partial charge in [-0.15, -0.1) is 0 Å². The molecule has 1 heterocycles. The van der Waals surface area contributed by atoms with E-state index < -0.39 is 6.04 Å². The first-order valence-corrected chi connectivity index (χ1v) is 8.34. The number of amides is 2. The van der Waals surface area contributed by atoms with Crippen molar-refractivity contribution >= 4 is 33.4 Å². The minimum atomic E-state index is -0.435. The van der Waals surface area contributed by atoms with Gasteiger partial charge in [0, 0.05) is 4.47 Å². The Hall–Kier alpha value is -1.98. The lowest BCUT2D eigenvalue weighted by Crippen LogP contribution is -2.39. The molecule has 0 spiro atoms. The summed E-state index contributed by atoms with van der Waals surface area (Å²) in [7, 11) is 0. The minimum Gasteiger partial charge on any atom is -0.305 e. The fraction of sp³-hybridized carbons (Fsp3) is 0.222. The summed E-state index contributed by atoms with van der Waals surface area (Å²) in [4.78, 5) is 25.9. The molecule has 1 aliphatic rings. The molecule has 2 aromatic carbocycles. The van der Waals surface area contributed by atoms with Crippen LogP contribution in [0.2, 0.25) is 0 Å². The standard InChI is InChI=1S/C18H17BrN2O2/c19-14-6-8-15(9-7-14)21-17(22)12-16(18(21)23)20-11-10-13-4-2-1-3-5-13/h1-9,16,20H,10-12H2/t16-/m0/s1. The molecule has 2 amide bonds. The summed E-state index contributed by atoms with van der Waals surface area (Å²) in [6.07, 6.45) is 1.04. The molecule has 0 unspecified atom stereocenters. The van der Waals surface area contributed by atoms with E-state index in [1.54, 1.807) is 12.1 Å². The van der Waals surface area contributed by atoms with Crippen LogP contribution in [-0.2, 0) is 16.0 Å². The van der Waals surface area contributed by atoms with Crippen molar-refractivity contribution in [2.75, 3.05) is 11.4 Å². The summed E-state index contributed by atoms with van der Waals surface area (Å²) in [6, 6.07) is 16.8. The molecule has 1 N–H and O–H groups in total. The fourth-order valence-electron chi connectivity index (χ4n) is 2.69. The van der Waals surface area contributed by atoms with Crippen LogP contribution in [0.3, 0.4) is 0 Å². The zero-order valence-electron chi connectivity index (χ0n) is 12.5. The third-order valence-electron chi connectivity index (χ3n) is 3.88. The summed E-state index contributed by atoms with van der Waals surface area (Å²) < 4.78 is 0.915. The summed E-state index contributed by atoms with van der Waals surface area (Å²) in [5.41, 5.74) is 1.83. The van der Waals surface area contributed by atoms with Crippen LogP contribution in [0.15, 0.2) is 59.1 Å². The second-order valence-electron chi connectivity index (χ2n) is 5.49. The van der Waals surface area contributed by atoms with E-state index in [4.69, 9.17) is 0 Å². The third-order valence-corrected chi connectivity index (χ3v) is 4.41. The molecule has 1 atom stereocenters. The number of hydrogen-bond donors (Lipinski definition) is 1. The molecular formula is C18H17BrN2O2. The Morgan fingerprint density at radius 3 is 2.43 bits per heavy atom. The molecule has 1 aliphatic heterocycles. The van der Waals surface area contributed by atoms with Crippen LogP contribution in [0.5, 0.6) is 0 Å². The van der Waals surface area contributed by atoms with E-state index in [1.165, 1.54) is 10.5 Å². The van der Waals surface area contributed by atoms with Crippen LogP contribution in [0.4, 0.5) is 5.69 Å². The number of benzene rings is 2. The monoisotopic (exact) mass is 372 g/mol. The molecule has 5 heteroatoms. The Labute approximate surface area is 143 Å². The highest BCUT2D eigenvalue weighted by atomic mass is 79.9. The normalized spacial score (nSPS) is 17.8. The van der Waals surface area contributed by atoms with Crippen molar-refractivity contribution in [3.63, 3.8) is 0 Å². The fourth-order valence-corrected chi connectivity index (χ4v) is 2.95. The van der Waals surface area contributed by atoms with E-state index in [2.05, 4.69) is 33.4 Å². The van der Waals surface area contributed by atoms with E-state index in [0.717, 1.165) is 10.9 Å². The van der Waals surface area contributed by atoms with Gasteiger partial charge in [0.05, 0.1) is 18.2 Å². The second kappa shape index (κ2) is 7.06. The molecular weight excluding hydrogens is 356 g/mol. The molecule has 0 saturated carbocycles. The zero-order chi connectivity index (χ0) is 16.2.